The van der Waals surface area contributed by atoms with Gasteiger partial charge in [-0.2, -0.15) is 5.10 Å². The first-order chi connectivity index (χ1) is 13.3. The molecule has 0 amide bonds. The van der Waals surface area contributed by atoms with Crippen LogP contribution in [0.1, 0.15) is 79.0 Å². The molecule has 2 aromatic heterocycles. The first-order valence-corrected chi connectivity index (χ1v) is 10.1. The number of carbonyl (C=O) groups excluding carboxylic acids is 1. The van der Waals surface area contributed by atoms with Crippen LogP contribution in [-0.4, -0.2) is 27.7 Å². The zero-order chi connectivity index (χ0) is 18.6. The Labute approximate surface area is 160 Å². The molecule has 0 N–H and O–H groups in total. The van der Waals surface area contributed by atoms with Gasteiger partial charge in [-0.1, -0.05) is 12.8 Å². The molecule has 27 heavy (non-hydrogen) atoms. The van der Waals surface area contributed by atoms with Crippen LogP contribution < -0.4 is 4.74 Å². The monoisotopic (exact) mass is 365 g/mol. The third kappa shape index (κ3) is 3.68. The van der Waals surface area contributed by atoms with E-state index in [9.17, 15) is 4.79 Å². The molecule has 2 aromatic rings. The van der Waals surface area contributed by atoms with Crippen LogP contribution in [0.3, 0.4) is 0 Å². The summed E-state index contributed by atoms with van der Waals surface area (Å²) in [6.45, 7) is 2.40. The Morgan fingerprint density at radius 1 is 1.19 bits per heavy atom. The van der Waals surface area contributed by atoms with Crippen LogP contribution in [0.2, 0.25) is 0 Å². The fourth-order valence-electron chi connectivity index (χ4n) is 4.41. The predicted octanol–water partition coefficient (Wildman–Crippen LogP) is 4.92. The summed E-state index contributed by atoms with van der Waals surface area (Å²) in [4.78, 5) is 15.6. The Morgan fingerprint density at radius 2 is 2.00 bits per heavy atom. The first-order valence-electron chi connectivity index (χ1n) is 10.1. The number of aryl methyl sites for hydroxylation is 1. The van der Waals surface area contributed by atoms with E-state index in [1.807, 2.05) is 13.1 Å². The Balaban J connectivity index is 1.61. The molecule has 0 bridgehead atoms. The highest BCUT2D eigenvalue weighted by molar-refractivity contribution is 5.81. The second-order valence-electron chi connectivity index (χ2n) is 7.66. The van der Waals surface area contributed by atoms with Crippen molar-refractivity contribution in [2.24, 2.45) is 0 Å². The van der Waals surface area contributed by atoms with Crippen molar-refractivity contribution in [1.82, 2.24) is 14.8 Å². The number of ether oxygens (including phenoxy) is 1. The van der Waals surface area contributed by atoms with Crippen molar-refractivity contribution in [3.63, 3.8) is 0 Å². The van der Waals surface area contributed by atoms with Gasteiger partial charge in [-0.25, -0.2) is 0 Å². The van der Waals surface area contributed by atoms with Crippen molar-refractivity contribution in [2.75, 3.05) is 6.61 Å². The van der Waals surface area contributed by atoms with E-state index in [1.54, 1.807) is 12.4 Å². The summed E-state index contributed by atoms with van der Waals surface area (Å²) in [7, 11) is 0. The van der Waals surface area contributed by atoms with Gasteiger partial charge in [-0.15, -0.1) is 0 Å². The molecule has 2 aliphatic carbocycles. The van der Waals surface area contributed by atoms with Crippen LogP contribution in [-0.2, 0) is 0 Å². The van der Waals surface area contributed by atoms with E-state index in [-0.39, 0.29) is 0 Å². The minimum atomic E-state index is 0.511. The molecule has 5 nitrogen and oxygen atoms in total. The van der Waals surface area contributed by atoms with Gasteiger partial charge in [0.15, 0.2) is 6.29 Å². The van der Waals surface area contributed by atoms with Gasteiger partial charge in [-0.3, -0.25) is 14.5 Å². The SMILES string of the molecule is Cc1cncc(OCC2=C(c3ccnn3C3CCCC3)CCCC2)c1C=O. The van der Waals surface area contributed by atoms with Crippen molar-refractivity contribution in [1.29, 1.82) is 0 Å². The van der Waals surface area contributed by atoms with E-state index in [0.29, 0.717) is 24.0 Å². The molecular formula is C22H27N3O2. The number of hydrogen-bond donors (Lipinski definition) is 0. The number of hydrogen-bond acceptors (Lipinski definition) is 4. The maximum absolute atomic E-state index is 11.4. The second kappa shape index (κ2) is 8.07. The third-order valence-electron chi connectivity index (χ3n) is 5.90. The summed E-state index contributed by atoms with van der Waals surface area (Å²) in [6.07, 6.45) is 15.7. The van der Waals surface area contributed by atoms with Gasteiger partial charge in [-0.05, 0) is 68.2 Å². The van der Waals surface area contributed by atoms with E-state index < -0.39 is 0 Å². The van der Waals surface area contributed by atoms with E-state index in [0.717, 1.165) is 24.7 Å². The van der Waals surface area contributed by atoms with Crippen LogP contribution in [0.4, 0.5) is 0 Å². The highest BCUT2D eigenvalue weighted by Gasteiger charge is 2.24. The smallest absolute Gasteiger partial charge is 0.154 e. The van der Waals surface area contributed by atoms with Crippen molar-refractivity contribution in [2.45, 2.75) is 64.3 Å². The standard InChI is InChI=1S/C22H27N3O2/c1-16-12-23-13-22(20(16)14-26)27-15-17-6-2-5-9-19(17)21-10-11-24-25(21)18-7-3-4-8-18/h10-14,18H,2-9,15H2,1H3. The van der Waals surface area contributed by atoms with Crippen molar-refractivity contribution >= 4 is 11.9 Å². The molecule has 0 unspecified atom stereocenters. The van der Waals surface area contributed by atoms with Gasteiger partial charge in [0.1, 0.15) is 12.4 Å². The lowest BCUT2D eigenvalue weighted by Gasteiger charge is -2.23. The molecule has 0 aliphatic heterocycles. The topological polar surface area (TPSA) is 57.0 Å². The average molecular weight is 365 g/mol. The summed E-state index contributed by atoms with van der Waals surface area (Å²) in [5.41, 5.74) is 5.43. The lowest BCUT2D eigenvalue weighted by molar-refractivity contribution is 0.111. The quantitative estimate of drug-likeness (QED) is 0.682. The molecule has 0 aromatic carbocycles. The van der Waals surface area contributed by atoms with E-state index in [4.69, 9.17) is 4.74 Å². The average Bonchev–Trinajstić information content (AvgIpc) is 3.38. The number of aldehydes is 1. The fraction of sp³-hybridized carbons (Fsp3) is 0.500. The van der Waals surface area contributed by atoms with E-state index in [2.05, 4.69) is 20.8 Å². The number of aromatic nitrogens is 3. The fourth-order valence-corrected chi connectivity index (χ4v) is 4.41. The van der Waals surface area contributed by atoms with Crippen LogP contribution >= 0.6 is 0 Å². The number of allylic oxidation sites excluding steroid dienone is 1. The Morgan fingerprint density at radius 3 is 2.81 bits per heavy atom. The number of pyridine rings is 1. The maximum atomic E-state index is 11.4. The Bertz CT molecular complexity index is 847. The molecule has 1 fully saturated rings. The second-order valence-corrected chi connectivity index (χ2v) is 7.66. The van der Waals surface area contributed by atoms with E-state index in [1.165, 1.54) is 55.4 Å². The van der Waals surface area contributed by atoms with E-state index >= 15 is 0 Å². The minimum absolute atomic E-state index is 0.511. The molecule has 0 radical (unpaired) electrons. The predicted molar refractivity (Wildman–Crippen MR) is 105 cm³/mol. The zero-order valence-corrected chi connectivity index (χ0v) is 16.0. The Kier molecular flexibility index (Phi) is 5.37. The highest BCUT2D eigenvalue weighted by atomic mass is 16.5. The van der Waals surface area contributed by atoms with Gasteiger partial charge >= 0.3 is 0 Å². The molecule has 0 atom stereocenters. The van der Waals surface area contributed by atoms with Gasteiger partial charge in [0.2, 0.25) is 0 Å². The van der Waals surface area contributed by atoms with Gasteiger partial charge < -0.3 is 4.74 Å². The first kappa shape index (κ1) is 18.0. The molecule has 5 heteroatoms. The molecule has 1 saturated carbocycles. The number of carbonyl (C=O) groups is 1. The van der Waals surface area contributed by atoms with Crippen LogP contribution in [0.15, 0.2) is 30.2 Å². The molecule has 142 valence electrons. The van der Waals surface area contributed by atoms with Crippen molar-refractivity contribution in [3.8, 4) is 5.75 Å². The van der Waals surface area contributed by atoms with Crippen molar-refractivity contribution < 1.29 is 9.53 Å². The molecule has 0 spiro atoms. The summed E-state index contributed by atoms with van der Waals surface area (Å²) >= 11 is 0. The summed E-state index contributed by atoms with van der Waals surface area (Å²) < 4.78 is 8.31. The Hall–Kier alpha value is -2.43. The highest BCUT2D eigenvalue weighted by Crippen LogP contribution is 2.37. The van der Waals surface area contributed by atoms with Crippen LogP contribution in [0.25, 0.3) is 5.57 Å². The number of nitrogens with zero attached hydrogens (tertiary/aromatic N) is 3. The lowest BCUT2D eigenvalue weighted by Crippen LogP contribution is -2.14. The van der Waals surface area contributed by atoms with Crippen LogP contribution in [0, 0.1) is 6.92 Å². The zero-order valence-electron chi connectivity index (χ0n) is 16.0. The molecular weight excluding hydrogens is 338 g/mol. The maximum Gasteiger partial charge on any atom is 0.154 e. The summed E-state index contributed by atoms with van der Waals surface area (Å²) in [5.74, 6) is 0.576. The minimum Gasteiger partial charge on any atom is -0.487 e. The van der Waals surface area contributed by atoms with Crippen molar-refractivity contribution in [3.05, 3.63) is 47.1 Å². The lowest BCUT2D eigenvalue weighted by atomic mass is 9.90. The third-order valence-corrected chi connectivity index (χ3v) is 5.90. The normalized spacial score (nSPS) is 18.1. The largest absolute Gasteiger partial charge is 0.487 e. The number of rotatable bonds is 6. The summed E-state index contributed by atoms with van der Waals surface area (Å²) in [6, 6.07) is 2.69. The molecule has 4 rings (SSSR count). The van der Waals surface area contributed by atoms with Crippen LogP contribution in [0.5, 0.6) is 5.75 Å². The molecule has 2 heterocycles. The van der Waals surface area contributed by atoms with Gasteiger partial charge in [0, 0.05) is 12.4 Å². The molecule has 0 saturated heterocycles. The summed E-state index contributed by atoms with van der Waals surface area (Å²) in [5, 5.41) is 4.65. The van der Waals surface area contributed by atoms with Gasteiger partial charge in [0.25, 0.3) is 0 Å². The van der Waals surface area contributed by atoms with Gasteiger partial charge in [0.05, 0.1) is 23.5 Å². The molecule has 2 aliphatic rings.